The summed E-state index contributed by atoms with van der Waals surface area (Å²) in [6, 6.07) is 16.1. The lowest BCUT2D eigenvalue weighted by molar-refractivity contribution is 0.0321. The predicted octanol–water partition coefficient (Wildman–Crippen LogP) is 4.72. The van der Waals surface area contributed by atoms with Crippen LogP contribution < -0.4 is 10.2 Å². The van der Waals surface area contributed by atoms with E-state index in [0.717, 1.165) is 23.2 Å². The van der Waals surface area contributed by atoms with E-state index in [-0.39, 0.29) is 6.10 Å². The molecule has 126 valence electrons. The molecule has 0 amide bonds. The molecule has 2 radical (unpaired) electrons. The summed E-state index contributed by atoms with van der Waals surface area (Å²) >= 11 is 0. The van der Waals surface area contributed by atoms with Crippen LogP contribution in [-0.2, 0) is 11.3 Å². The summed E-state index contributed by atoms with van der Waals surface area (Å²) in [5.41, 5.74) is 3.15. The Morgan fingerprint density at radius 1 is 0.917 bits per heavy atom. The van der Waals surface area contributed by atoms with Gasteiger partial charge in [-0.25, -0.2) is 0 Å². The second-order valence-electron chi connectivity index (χ2n) is 6.16. The second kappa shape index (κ2) is 10.2. The zero-order valence-corrected chi connectivity index (χ0v) is 14.8. The molecule has 0 heterocycles. The largest absolute Gasteiger partial charge is 0.497 e. The Morgan fingerprint density at radius 3 is 2.25 bits per heavy atom. The van der Waals surface area contributed by atoms with Crippen LogP contribution in [0.25, 0.3) is 0 Å². The van der Waals surface area contributed by atoms with Gasteiger partial charge in [0.2, 0.25) is 0 Å². The maximum atomic E-state index is 6.23. The Balaban J connectivity index is 1.97. The molecule has 0 saturated carbocycles. The van der Waals surface area contributed by atoms with E-state index in [1.807, 2.05) is 24.3 Å². The third kappa shape index (κ3) is 6.05. The molecule has 2 nitrogen and oxygen atoms in total. The van der Waals surface area contributed by atoms with E-state index in [0.29, 0.717) is 6.61 Å². The van der Waals surface area contributed by atoms with Crippen LogP contribution in [0.15, 0.2) is 48.5 Å². The number of rotatable bonds is 10. The van der Waals surface area contributed by atoms with Crippen molar-refractivity contribution < 1.29 is 9.47 Å². The lowest BCUT2D eigenvalue weighted by Crippen LogP contribution is -2.08. The minimum atomic E-state index is 0.115. The highest BCUT2D eigenvalue weighted by Gasteiger charge is 2.12. The first-order valence-corrected chi connectivity index (χ1v) is 8.83. The van der Waals surface area contributed by atoms with E-state index >= 15 is 0 Å². The van der Waals surface area contributed by atoms with Crippen LogP contribution in [-0.4, -0.2) is 15.0 Å². The van der Waals surface area contributed by atoms with E-state index in [4.69, 9.17) is 17.3 Å². The highest BCUT2D eigenvalue weighted by molar-refractivity contribution is 6.32. The molecule has 1 unspecified atom stereocenters. The molecule has 2 rings (SSSR count). The zero-order chi connectivity index (χ0) is 17.2. The average molecular weight is 322 g/mol. The van der Waals surface area contributed by atoms with E-state index in [2.05, 4.69) is 31.2 Å². The Labute approximate surface area is 147 Å². The summed E-state index contributed by atoms with van der Waals surface area (Å²) in [4.78, 5) is 0. The van der Waals surface area contributed by atoms with Crippen LogP contribution in [0.3, 0.4) is 0 Å². The first kappa shape index (κ1) is 18.6. The Bertz CT molecular complexity index is 578. The van der Waals surface area contributed by atoms with Gasteiger partial charge in [0.15, 0.2) is 0 Å². The van der Waals surface area contributed by atoms with Crippen LogP contribution in [0.2, 0.25) is 0 Å². The Kier molecular flexibility index (Phi) is 7.90. The lowest BCUT2D eigenvalue weighted by atomic mass is 9.93. The molecule has 0 N–H and O–H groups in total. The van der Waals surface area contributed by atoms with Crippen molar-refractivity contribution in [2.45, 2.75) is 51.7 Å². The van der Waals surface area contributed by atoms with Gasteiger partial charge in [0.1, 0.15) is 13.6 Å². The van der Waals surface area contributed by atoms with E-state index < -0.39 is 0 Å². The van der Waals surface area contributed by atoms with Gasteiger partial charge < -0.3 is 9.47 Å². The minimum Gasteiger partial charge on any atom is -0.497 e. The summed E-state index contributed by atoms with van der Waals surface area (Å²) in [5.74, 6) is 0.869. The molecule has 3 heteroatoms. The SMILES string of the molecule is [B]c1ccc(C(CCCCCC)OCc2ccc(OC)cc2)cc1. The normalized spacial score (nSPS) is 12.1. The third-order valence-electron chi connectivity index (χ3n) is 4.24. The van der Waals surface area contributed by atoms with Gasteiger partial charge in [0, 0.05) is 0 Å². The highest BCUT2D eigenvalue weighted by atomic mass is 16.5. The summed E-state index contributed by atoms with van der Waals surface area (Å²) in [5, 5.41) is 0. The molecule has 0 aliphatic rings. The molecule has 2 aromatic carbocycles. The monoisotopic (exact) mass is 322 g/mol. The van der Waals surface area contributed by atoms with Crippen LogP contribution in [0.5, 0.6) is 5.75 Å². The molecular weight excluding hydrogens is 295 g/mol. The fraction of sp³-hybridized carbons (Fsp3) is 0.429. The quantitative estimate of drug-likeness (QED) is 0.465. The van der Waals surface area contributed by atoms with Crippen LogP contribution in [0.4, 0.5) is 0 Å². The van der Waals surface area contributed by atoms with Gasteiger partial charge in [-0.1, -0.05) is 74.5 Å². The van der Waals surface area contributed by atoms with Gasteiger partial charge in [0.25, 0.3) is 0 Å². The molecule has 1 atom stereocenters. The van der Waals surface area contributed by atoms with Crippen LogP contribution in [0, 0.1) is 0 Å². The standard InChI is InChI=1S/C21H27BO2/c1-3-4-5-6-7-21(18-10-12-19(22)13-11-18)24-16-17-8-14-20(23-2)15-9-17/h8-15,21H,3-7,16H2,1-2H3. The second-order valence-corrected chi connectivity index (χ2v) is 6.16. The van der Waals surface area contributed by atoms with Gasteiger partial charge in [-0.3, -0.25) is 0 Å². The summed E-state index contributed by atoms with van der Waals surface area (Å²) in [6.07, 6.45) is 6.13. The molecule has 0 aliphatic carbocycles. The molecule has 0 aromatic heterocycles. The van der Waals surface area contributed by atoms with E-state index in [9.17, 15) is 0 Å². The maximum Gasteiger partial charge on any atom is 0.118 e. The molecule has 0 saturated heterocycles. The number of ether oxygens (including phenoxy) is 2. The number of methoxy groups -OCH3 is 1. The molecule has 0 spiro atoms. The molecule has 2 aromatic rings. The minimum absolute atomic E-state index is 0.115. The number of benzene rings is 2. The Hall–Kier alpha value is -1.74. The predicted molar refractivity (Wildman–Crippen MR) is 101 cm³/mol. The first-order chi connectivity index (χ1) is 11.7. The Morgan fingerprint density at radius 2 is 1.62 bits per heavy atom. The molecular formula is C21H27BO2. The van der Waals surface area contributed by atoms with Crippen LogP contribution in [0.1, 0.15) is 56.3 Å². The van der Waals surface area contributed by atoms with Crippen molar-refractivity contribution in [3.63, 3.8) is 0 Å². The summed E-state index contributed by atoms with van der Waals surface area (Å²) in [6.45, 7) is 2.84. The third-order valence-corrected chi connectivity index (χ3v) is 4.24. The van der Waals surface area contributed by atoms with Gasteiger partial charge in [-0.05, 0) is 29.7 Å². The summed E-state index contributed by atoms with van der Waals surface area (Å²) in [7, 11) is 7.49. The van der Waals surface area contributed by atoms with Crippen molar-refractivity contribution in [1.82, 2.24) is 0 Å². The molecule has 0 fully saturated rings. The maximum absolute atomic E-state index is 6.23. The summed E-state index contributed by atoms with van der Waals surface area (Å²) < 4.78 is 11.4. The topological polar surface area (TPSA) is 18.5 Å². The number of hydrogen-bond acceptors (Lipinski definition) is 2. The smallest absolute Gasteiger partial charge is 0.118 e. The van der Waals surface area contributed by atoms with Gasteiger partial charge in [-0.15, -0.1) is 0 Å². The van der Waals surface area contributed by atoms with Crippen molar-refractivity contribution in [3.05, 3.63) is 59.7 Å². The van der Waals surface area contributed by atoms with Gasteiger partial charge in [0.05, 0.1) is 19.8 Å². The van der Waals surface area contributed by atoms with Crippen molar-refractivity contribution in [2.24, 2.45) is 0 Å². The van der Waals surface area contributed by atoms with Gasteiger partial charge in [-0.2, -0.15) is 0 Å². The molecule has 0 aliphatic heterocycles. The highest BCUT2D eigenvalue weighted by Crippen LogP contribution is 2.25. The van der Waals surface area contributed by atoms with Gasteiger partial charge >= 0.3 is 0 Å². The van der Waals surface area contributed by atoms with E-state index in [1.54, 1.807) is 7.11 Å². The fourth-order valence-electron chi connectivity index (χ4n) is 2.73. The first-order valence-electron chi connectivity index (χ1n) is 8.83. The number of unbranched alkanes of at least 4 members (excludes halogenated alkanes) is 3. The van der Waals surface area contributed by atoms with E-state index in [1.165, 1.54) is 31.2 Å². The van der Waals surface area contributed by atoms with Crippen molar-refractivity contribution >= 4 is 13.3 Å². The van der Waals surface area contributed by atoms with Crippen molar-refractivity contribution in [2.75, 3.05) is 7.11 Å². The molecule has 0 bridgehead atoms. The van der Waals surface area contributed by atoms with Crippen LogP contribution >= 0.6 is 0 Å². The average Bonchev–Trinajstić information content (AvgIpc) is 2.62. The zero-order valence-electron chi connectivity index (χ0n) is 14.8. The van der Waals surface area contributed by atoms with Crippen molar-refractivity contribution in [1.29, 1.82) is 0 Å². The number of hydrogen-bond donors (Lipinski definition) is 0. The fourth-order valence-corrected chi connectivity index (χ4v) is 2.73. The van der Waals surface area contributed by atoms with Crippen molar-refractivity contribution in [3.8, 4) is 5.75 Å². The lowest BCUT2D eigenvalue weighted by Gasteiger charge is -2.19. The molecule has 24 heavy (non-hydrogen) atoms.